The molecule has 0 aromatic heterocycles. The van der Waals surface area contributed by atoms with Crippen molar-refractivity contribution < 1.29 is 18.3 Å². The normalized spacial score (nSPS) is 11.5. The molecule has 6 nitrogen and oxygen atoms in total. The maximum absolute atomic E-state index is 12.0. The van der Waals surface area contributed by atoms with Crippen LogP contribution in [0, 0.1) is 0 Å². The third kappa shape index (κ3) is 6.85. The van der Waals surface area contributed by atoms with E-state index in [1.807, 2.05) is 0 Å². The molecule has 7 heteroatoms. The van der Waals surface area contributed by atoms with Gasteiger partial charge in [0.25, 0.3) is 0 Å². The van der Waals surface area contributed by atoms with Gasteiger partial charge in [-0.15, -0.1) is 0 Å². The Bertz CT molecular complexity index is 829. The number of carbonyl (C=O) groups excluding carboxylic acids is 1. The van der Waals surface area contributed by atoms with Crippen LogP contribution in [0.25, 0.3) is 0 Å². The molecule has 0 bridgehead atoms. The monoisotopic (exact) mass is 376 g/mol. The molecule has 0 saturated carbocycles. The lowest BCUT2D eigenvalue weighted by molar-refractivity contribution is -0.120. The van der Waals surface area contributed by atoms with Gasteiger partial charge >= 0.3 is 0 Å². The summed E-state index contributed by atoms with van der Waals surface area (Å²) in [6.07, 6.45) is 0.234. The Balaban J connectivity index is 1.85. The summed E-state index contributed by atoms with van der Waals surface area (Å²) in [6.45, 7) is 3.93. The summed E-state index contributed by atoms with van der Waals surface area (Å²) in [4.78, 5) is 12.0. The minimum Gasteiger partial charge on any atom is -0.508 e. The standard InChI is InChI=1S/C19H24N2O4S/c1-14(2)21-26(24,25)13-17-5-3-16(4-6-17)12-20-19(23)11-15-7-9-18(22)10-8-15/h3-10,14,21-22H,11-13H2,1-2H3,(H,20,23). The number of rotatable bonds is 8. The highest BCUT2D eigenvalue weighted by Gasteiger charge is 2.12. The van der Waals surface area contributed by atoms with Crippen molar-refractivity contribution in [1.29, 1.82) is 0 Å². The predicted octanol–water partition coefficient (Wildman–Crippen LogP) is 2.08. The average molecular weight is 376 g/mol. The molecule has 2 aromatic carbocycles. The molecule has 0 aliphatic carbocycles. The van der Waals surface area contributed by atoms with E-state index >= 15 is 0 Å². The Morgan fingerprint density at radius 2 is 1.50 bits per heavy atom. The maximum atomic E-state index is 12.0. The van der Waals surface area contributed by atoms with E-state index in [4.69, 9.17) is 0 Å². The van der Waals surface area contributed by atoms with Gasteiger partial charge < -0.3 is 10.4 Å². The molecule has 1 amide bonds. The van der Waals surface area contributed by atoms with Gasteiger partial charge in [0.2, 0.25) is 15.9 Å². The first kappa shape index (κ1) is 19.9. The molecule has 0 aliphatic heterocycles. The molecule has 140 valence electrons. The zero-order valence-electron chi connectivity index (χ0n) is 14.9. The summed E-state index contributed by atoms with van der Waals surface area (Å²) in [5.74, 6) is -0.0260. The van der Waals surface area contributed by atoms with Crippen molar-refractivity contribution in [1.82, 2.24) is 10.0 Å². The quantitative estimate of drug-likeness (QED) is 0.657. The van der Waals surface area contributed by atoms with Crippen LogP contribution in [0.5, 0.6) is 5.75 Å². The highest BCUT2D eigenvalue weighted by Crippen LogP contribution is 2.11. The van der Waals surface area contributed by atoms with Gasteiger partial charge in [0.1, 0.15) is 5.75 Å². The van der Waals surface area contributed by atoms with E-state index in [0.29, 0.717) is 12.1 Å². The van der Waals surface area contributed by atoms with Gasteiger partial charge in [-0.25, -0.2) is 13.1 Å². The van der Waals surface area contributed by atoms with Crippen LogP contribution < -0.4 is 10.0 Å². The molecule has 0 unspecified atom stereocenters. The molecule has 3 N–H and O–H groups in total. The molecular formula is C19H24N2O4S. The number of amides is 1. The topological polar surface area (TPSA) is 95.5 Å². The summed E-state index contributed by atoms with van der Waals surface area (Å²) in [5.41, 5.74) is 2.40. The Morgan fingerprint density at radius 1 is 0.962 bits per heavy atom. The second-order valence-electron chi connectivity index (χ2n) is 6.47. The van der Waals surface area contributed by atoms with E-state index in [1.165, 1.54) is 0 Å². The number of carbonyl (C=O) groups is 1. The first-order valence-corrected chi connectivity index (χ1v) is 10.0. The van der Waals surface area contributed by atoms with Gasteiger partial charge in [-0.2, -0.15) is 0 Å². The van der Waals surface area contributed by atoms with Crippen LogP contribution in [0.2, 0.25) is 0 Å². The fourth-order valence-electron chi connectivity index (χ4n) is 2.44. The molecule has 0 saturated heterocycles. The van der Waals surface area contributed by atoms with Crippen molar-refractivity contribution >= 4 is 15.9 Å². The molecule has 0 atom stereocenters. The van der Waals surface area contributed by atoms with Crippen molar-refractivity contribution in [3.8, 4) is 5.75 Å². The Kier molecular flexibility index (Phi) is 6.76. The second kappa shape index (κ2) is 8.82. The van der Waals surface area contributed by atoms with Crippen molar-refractivity contribution in [3.05, 3.63) is 65.2 Å². The summed E-state index contributed by atoms with van der Waals surface area (Å²) >= 11 is 0. The minimum absolute atomic E-state index is 0.0708. The van der Waals surface area contributed by atoms with Crippen LogP contribution in [0.15, 0.2) is 48.5 Å². The molecule has 2 aromatic rings. The molecule has 0 heterocycles. The smallest absolute Gasteiger partial charge is 0.224 e. The van der Waals surface area contributed by atoms with Gasteiger partial charge in [-0.05, 0) is 42.7 Å². The first-order chi connectivity index (χ1) is 12.2. The van der Waals surface area contributed by atoms with E-state index < -0.39 is 10.0 Å². The Hall–Kier alpha value is -2.38. The predicted molar refractivity (Wildman–Crippen MR) is 101 cm³/mol. The van der Waals surface area contributed by atoms with E-state index in [0.717, 1.165) is 11.1 Å². The van der Waals surface area contributed by atoms with Crippen LogP contribution in [-0.2, 0) is 33.5 Å². The highest BCUT2D eigenvalue weighted by atomic mass is 32.2. The number of hydrogen-bond donors (Lipinski definition) is 3. The second-order valence-corrected chi connectivity index (χ2v) is 8.22. The molecule has 0 fully saturated rings. The number of phenols is 1. The maximum Gasteiger partial charge on any atom is 0.224 e. The van der Waals surface area contributed by atoms with Crippen molar-refractivity contribution in [2.45, 2.75) is 38.6 Å². The third-order valence-corrected chi connectivity index (χ3v) is 5.13. The average Bonchev–Trinajstić information content (AvgIpc) is 2.55. The Morgan fingerprint density at radius 3 is 2.08 bits per heavy atom. The first-order valence-electron chi connectivity index (χ1n) is 8.36. The van der Waals surface area contributed by atoms with Gasteiger partial charge in [0, 0.05) is 12.6 Å². The van der Waals surface area contributed by atoms with Gasteiger partial charge in [0.05, 0.1) is 12.2 Å². The summed E-state index contributed by atoms with van der Waals surface area (Å²) in [7, 11) is -3.35. The lowest BCUT2D eigenvalue weighted by Gasteiger charge is -2.10. The van der Waals surface area contributed by atoms with Crippen LogP contribution in [0.3, 0.4) is 0 Å². The van der Waals surface area contributed by atoms with E-state index in [2.05, 4.69) is 10.0 Å². The fourth-order valence-corrected chi connectivity index (χ4v) is 3.87. The van der Waals surface area contributed by atoms with E-state index in [-0.39, 0.29) is 29.9 Å². The fraction of sp³-hybridized carbons (Fsp3) is 0.316. The van der Waals surface area contributed by atoms with E-state index in [9.17, 15) is 18.3 Å². The van der Waals surface area contributed by atoms with Crippen LogP contribution in [-0.4, -0.2) is 25.5 Å². The SMILES string of the molecule is CC(C)NS(=O)(=O)Cc1ccc(CNC(=O)Cc2ccc(O)cc2)cc1. The summed E-state index contributed by atoms with van der Waals surface area (Å²) in [5, 5.41) is 12.1. The number of phenolic OH excluding ortho intramolecular Hbond substituents is 1. The lowest BCUT2D eigenvalue weighted by Crippen LogP contribution is -2.31. The third-order valence-electron chi connectivity index (χ3n) is 3.59. The summed E-state index contributed by atoms with van der Waals surface area (Å²) < 4.78 is 26.4. The zero-order valence-corrected chi connectivity index (χ0v) is 15.7. The molecule has 2 rings (SSSR count). The molecule has 0 spiro atoms. The Labute approximate surface area is 154 Å². The molecule has 0 radical (unpaired) electrons. The number of hydrogen-bond acceptors (Lipinski definition) is 4. The molecular weight excluding hydrogens is 352 g/mol. The minimum atomic E-state index is -3.35. The number of nitrogens with one attached hydrogen (secondary N) is 2. The lowest BCUT2D eigenvalue weighted by atomic mass is 10.1. The summed E-state index contributed by atoms with van der Waals surface area (Å²) in [6, 6.07) is 13.5. The number of aromatic hydroxyl groups is 1. The largest absolute Gasteiger partial charge is 0.508 e. The van der Waals surface area contributed by atoms with Gasteiger partial charge in [-0.3, -0.25) is 4.79 Å². The molecule has 26 heavy (non-hydrogen) atoms. The number of benzene rings is 2. The number of sulfonamides is 1. The highest BCUT2D eigenvalue weighted by molar-refractivity contribution is 7.88. The van der Waals surface area contributed by atoms with Crippen molar-refractivity contribution in [2.24, 2.45) is 0 Å². The van der Waals surface area contributed by atoms with E-state index in [1.54, 1.807) is 62.4 Å². The zero-order chi connectivity index (χ0) is 19.2. The van der Waals surface area contributed by atoms with Crippen LogP contribution in [0.4, 0.5) is 0 Å². The van der Waals surface area contributed by atoms with Crippen LogP contribution in [0.1, 0.15) is 30.5 Å². The van der Waals surface area contributed by atoms with Crippen molar-refractivity contribution in [2.75, 3.05) is 0 Å². The van der Waals surface area contributed by atoms with Gasteiger partial charge in [0.15, 0.2) is 0 Å². The molecule has 0 aliphatic rings. The van der Waals surface area contributed by atoms with Crippen LogP contribution >= 0.6 is 0 Å². The van der Waals surface area contributed by atoms with Crippen molar-refractivity contribution in [3.63, 3.8) is 0 Å². The van der Waals surface area contributed by atoms with Gasteiger partial charge in [-0.1, -0.05) is 36.4 Å².